The van der Waals surface area contributed by atoms with E-state index in [0.29, 0.717) is 10.8 Å². The second-order valence-corrected chi connectivity index (χ2v) is 8.34. The SMILES string of the molecule is CC(C)n1nc(C(=O)N(Cc2cccs2)c2ccc(F)cc2F)c2ccccc2c1=O. The second kappa shape index (κ2) is 8.39. The van der Waals surface area contributed by atoms with E-state index in [-0.39, 0.29) is 29.5 Å². The number of halogens is 2. The quantitative estimate of drug-likeness (QED) is 0.431. The summed E-state index contributed by atoms with van der Waals surface area (Å²) in [5.41, 5.74) is -0.336. The average molecular weight is 439 g/mol. The van der Waals surface area contributed by atoms with Gasteiger partial charge in [-0.1, -0.05) is 24.3 Å². The van der Waals surface area contributed by atoms with Gasteiger partial charge in [0, 0.05) is 16.3 Å². The third-order valence-corrected chi connectivity index (χ3v) is 5.72. The van der Waals surface area contributed by atoms with Crippen LogP contribution in [-0.2, 0) is 6.54 Å². The minimum absolute atomic E-state index is 0.0316. The molecule has 0 radical (unpaired) electrons. The molecule has 2 aromatic carbocycles. The third-order valence-electron chi connectivity index (χ3n) is 4.86. The lowest BCUT2D eigenvalue weighted by atomic mass is 10.1. The zero-order valence-electron chi connectivity index (χ0n) is 16.9. The molecular weight excluding hydrogens is 420 g/mol. The maximum absolute atomic E-state index is 14.7. The van der Waals surface area contributed by atoms with Gasteiger partial charge in [-0.05, 0) is 43.5 Å². The van der Waals surface area contributed by atoms with Gasteiger partial charge < -0.3 is 0 Å². The van der Waals surface area contributed by atoms with Gasteiger partial charge in [-0.2, -0.15) is 5.10 Å². The maximum Gasteiger partial charge on any atom is 0.279 e. The normalized spacial score (nSPS) is 11.3. The molecule has 2 heterocycles. The third kappa shape index (κ3) is 3.98. The van der Waals surface area contributed by atoms with Gasteiger partial charge in [0.1, 0.15) is 11.6 Å². The van der Waals surface area contributed by atoms with Gasteiger partial charge in [0.05, 0.1) is 23.7 Å². The molecule has 8 heteroatoms. The van der Waals surface area contributed by atoms with E-state index in [1.807, 2.05) is 17.5 Å². The lowest BCUT2D eigenvalue weighted by Crippen LogP contribution is -2.35. The van der Waals surface area contributed by atoms with Crippen molar-refractivity contribution in [3.63, 3.8) is 0 Å². The zero-order chi connectivity index (χ0) is 22.1. The number of fused-ring (bicyclic) bond motifs is 1. The predicted octanol–water partition coefficient (Wildman–Crippen LogP) is 5.16. The average Bonchev–Trinajstić information content (AvgIpc) is 3.25. The molecule has 2 aromatic heterocycles. The van der Waals surface area contributed by atoms with Crippen LogP contribution in [-0.4, -0.2) is 15.7 Å². The van der Waals surface area contributed by atoms with Crippen molar-refractivity contribution in [2.45, 2.75) is 26.4 Å². The summed E-state index contributed by atoms with van der Waals surface area (Å²) in [5.74, 6) is -2.17. The molecule has 4 rings (SSSR count). The molecule has 0 aliphatic rings. The Labute approximate surface area is 181 Å². The minimum atomic E-state index is -0.855. The van der Waals surface area contributed by atoms with Gasteiger partial charge in [-0.3, -0.25) is 14.5 Å². The number of amides is 1. The van der Waals surface area contributed by atoms with E-state index in [2.05, 4.69) is 5.10 Å². The summed E-state index contributed by atoms with van der Waals surface area (Å²) in [5, 5.41) is 6.93. The van der Waals surface area contributed by atoms with Crippen molar-refractivity contribution in [2.75, 3.05) is 4.90 Å². The number of aromatic nitrogens is 2. The van der Waals surface area contributed by atoms with Gasteiger partial charge in [-0.25, -0.2) is 13.5 Å². The highest BCUT2D eigenvalue weighted by molar-refractivity contribution is 7.09. The Kier molecular flexibility index (Phi) is 5.65. The molecule has 0 aliphatic heterocycles. The number of benzene rings is 2. The first-order valence-electron chi connectivity index (χ1n) is 9.67. The maximum atomic E-state index is 14.7. The van der Waals surface area contributed by atoms with Crippen LogP contribution in [0.15, 0.2) is 64.8 Å². The van der Waals surface area contributed by atoms with Gasteiger partial charge in [-0.15, -0.1) is 11.3 Å². The smallest absolute Gasteiger partial charge is 0.279 e. The molecule has 5 nitrogen and oxygen atoms in total. The highest BCUT2D eigenvalue weighted by Gasteiger charge is 2.26. The number of hydrogen-bond acceptors (Lipinski definition) is 4. The van der Waals surface area contributed by atoms with Crippen molar-refractivity contribution in [3.05, 3.63) is 92.5 Å². The molecule has 1 amide bonds. The number of hydrogen-bond donors (Lipinski definition) is 0. The summed E-state index contributed by atoms with van der Waals surface area (Å²) in [6.45, 7) is 3.66. The second-order valence-electron chi connectivity index (χ2n) is 7.30. The first kappa shape index (κ1) is 20.9. The molecular formula is C23H19F2N3O2S. The molecule has 158 valence electrons. The van der Waals surface area contributed by atoms with Crippen molar-refractivity contribution in [1.29, 1.82) is 0 Å². The molecule has 31 heavy (non-hydrogen) atoms. The Morgan fingerprint density at radius 2 is 1.84 bits per heavy atom. The van der Waals surface area contributed by atoms with Crippen molar-refractivity contribution in [2.24, 2.45) is 0 Å². The predicted molar refractivity (Wildman–Crippen MR) is 118 cm³/mol. The summed E-state index contributed by atoms with van der Waals surface area (Å²) in [7, 11) is 0. The first-order chi connectivity index (χ1) is 14.9. The lowest BCUT2D eigenvalue weighted by Gasteiger charge is -2.24. The fourth-order valence-electron chi connectivity index (χ4n) is 3.37. The molecule has 0 spiro atoms. The fourth-order valence-corrected chi connectivity index (χ4v) is 4.06. The molecule has 0 saturated carbocycles. The number of thiophene rings is 1. The van der Waals surface area contributed by atoms with E-state index in [1.54, 1.807) is 38.1 Å². The van der Waals surface area contributed by atoms with E-state index >= 15 is 0 Å². The van der Waals surface area contributed by atoms with Crippen molar-refractivity contribution >= 4 is 33.7 Å². The monoisotopic (exact) mass is 439 g/mol. The van der Waals surface area contributed by atoms with E-state index in [9.17, 15) is 18.4 Å². The van der Waals surface area contributed by atoms with Gasteiger partial charge in [0.2, 0.25) is 0 Å². The summed E-state index contributed by atoms with van der Waals surface area (Å²) >= 11 is 1.42. The van der Waals surface area contributed by atoms with Crippen LogP contribution in [0.2, 0.25) is 0 Å². The molecule has 0 unspecified atom stereocenters. The molecule has 0 fully saturated rings. The number of carbonyl (C=O) groups is 1. The van der Waals surface area contributed by atoms with Crippen LogP contribution in [0.5, 0.6) is 0 Å². The van der Waals surface area contributed by atoms with Crippen LogP contribution in [0.1, 0.15) is 35.3 Å². The van der Waals surface area contributed by atoms with Crippen molar-refractivity contribution < 1.29 is 13.6 Å². The fraction of sp³-hybridized carbons (Fsp3) is 0.174. The summed E-state index contributed by atoms with van der Waals surface area (Å²) in [6.07, 6.45) is 0. The Morgan fingerprint density at radius 1 is 1.10 bits per heavy atom. The molecule has 4 aromatic rings. The molecule has 0 aliphatic carbocycles. The van der Waals surface area contributed by atoms with E-state index < -0.39 is 17.5 Å². The van der Waals surface area contributed by atoms with Crippen LogP contribution in [0.4, 0.5) is 14.5 Å². The van der Waals surface area contributed by atoms with E-state index in [4.69, 9.17) is 0 Å². The number of carbonyl (C=O) groups excluding carboxylic acids is 1. The van der Waals surface area contributed by atoms with Crippen LogP contribution in [0.25, 0.3) is 10.8 Å². The highest BCUT2D eigenvalue weighted by Crippen LogP contribution is 2.27. The Hall–Kier alpha value is -3.39. The molecule has 0 saturated heterocycles. The van der Waals surface area contributed by atoms with Gasteiger partial charge >= 0.3 is 0 Å². The summed E-state index contributed by atoms with van der Waals surface area (Å²) in [6, 6.07) is 13.2. The largest absolute Gasteiger partial charge is 0.299 e. The van der Waals surface area contributed by atoms with Crippen LogP contribution in [0, 0.1) is 11.6 Å². The van der Waals surface area contributed by atoms with E-state index in [0.717, 1.165) is 17.0 Å². The van der Waals surface area contributed by atoms with E-state index in [1.165, 1.54) is 27.0 Å². The number of rotatable bonds is 5. The van der Waals surface area contributed by atoms with Crippen molar-refractivity contribution in [1.82, 2.24) is 9.78 Å². The lowest BCUT2D eigenvalue weighted by molar-refractivity contribution is 0.0979. The Bertz CT molecular complexity index is 1320. The highest BCUT2D eigenvalue weighted by atomic mass is 32.1. The van der Waals surface area contributed by atoms with Gasteiger partial charge in [0.25, 0.3) is 11.5 Å². The Morgan fingerprint density at radius 3 is 2.48 bits per heavy atom. The summed E-state index contributed by atoms with van der Waals surface area (Å²) < 4.78 is 29.4. The molecule has 0 N–H and O–H groups in total. The number of nitrogens with zero attached hydrogens (tertiary/aromatic N) is 3. The van der Waals surface area contributed by atoms with Crippen molar-refractivity contribution in [3.8, 4) is 0 Å². The van der Waals surface area contributed by atoms with Crippen LogP contribution < -0.4 is 10.5 Å². The standard InChI is InChI=1S/C23H19F2N3O2S/c1-14(2)28-22(29)18-8-4-3-7-17(18)21(26-28)23(30)27(13-16-6-5-11-31-16)20-10-9-15(24)12-19(20)25/h3-12,14H,13H2,1-2H3. The summed E-state index contributed by atoms with van der Waals surface area (Å²) in [4.78, 5) is 28.6. The van der Waals surface area contributed by atoms with Crippen LogP contribution in [0.3, 0.4) is 0 Å². The minimum Gasteiger partial charge on any atom is -0.299 e. The zero-order valence-corrected chi connectivity index (χ0v) is 17.7. The molecule has 0 atom stereocenters. The molecule has 0 bridgehead atoms. The van der Waals surface area contributed by atoms with Crippen LogP contribution >= 0.6 is 11.3 Å². The Balaban J connectivity index is 1.92. The first-order valence-corrected chi connectivity index (χ1v) is 10.6. The number of anilines is 1. The topological polar surface area (TPSA) is 55.2 Å². The van der Waals surface area contributed by atoms with Gasteiger partial charge in [0.15, 0.2) is 5.69 Å².